The molecular weight excluding hydrogens is 324 g/mol. The Balaban J connectivity index is 1.76. The van der Waals surface area contributed by atoms with Gasteiger partial charge in [0.25, 0.3) is 0 Å². The molecule has 0 radical (unpaired) electrons. The summed E-state index contributed by atoms with van der Waals surface area (Å²) in [6, 6.07) is 0.655. The Bertz CT molecular complexity index is 418. The molecule has 0 aromatic carbocycles. The molecule has 152 valence electrons. The minimum Gasteiger partial charge on any atom is -0.382 e. The maximum absolute atomic E-state index is 5.63. The second-order valence-corrected chi connectivity index (χ2v) is 8.56. The van der Waals surface area contributed by atoms with Crippen LogP contribution in [0.2, 0.25) is 0 Å². The second-order valence-electron chi connectivity index (χ2n) is 8.56. The molecule has 1 saturated heterocycles. The van der Waals surface area contributed by atoms with Crippen LogP contribution in [0.3, 0.4) is 0 Å². The summed E-state index contributed by atoms with van der Waals surface area (Å²) in [4.78, 5) is 7.07. The third-order valence-electron chi connectivity index (χ3n) is 6.34. The first-order chi connectivity index (χ1) is 12.6. The van der Waals surface area contributed by atoms with E-state index in [1.807, 2.05) is 7.05 Å². The van der Waals surface area contributed by atoms with E-state index in [1.54, 1.807) is 0 Å². The summed E-state index contributed by atoms with van der Waals surface area (Å²) in [5.41, 5.74) is 0.395. The van der Waals surface area contributed by atoms with Crippen LogP contribution in [0.25, 0.3) is 0 Å². The zero-order valence-electron chi connectivity index (χ0n) is 17.6. The monoisotopic (exact) mass is 366 g/mol. The number of nitrogens with one attached hydrogen (secondary N) is 2. The molecule has 5 heteroatoms. The lowest BCUT2D eigenvalue weighted by Gasteiger charge is -2.36. The zero-order valence-corrected chi connectivity index (χ0v) is 17.6. The lowest BCUT2D eigenvalue weighted by Crippen LogP contribution is -2.47. The van der Waals surface area contributed by atoms with Gasteiger partial charge in [0.15, 0.2) is 5.96 Å². The predicted octanol–water partition coefficient (Wildman–Crippen LogP) is 3.26. The minimum absolute atomic E-state index is 0.395. The van der Waals surface area contributed by atoms with Crippen LogP contribution in [0.4, 0.5) is 0 Å². The number of piperidine rings is 1. The Labute approximate surface area is 161 Å². The highest BCUT2D eigenvalue weighted by Gasteiger charge is 2.33. The number of hydrogen-bond donors (Lipinski definition) is 2. The van der Waals surface area contributed by atoms with Gasteiger partial charge in [0.05, 0.1) is 0 Å². The second kappa shape index (κ2) is 11.1. The van der Waals surface area contributed by atoms with Crippen molar-refractivity contribution in [1.29, 1.82) is 0 Å². The van der Waals surface area contributed by atoms with E-state index in [4.69, 9.17) is 4.74 Å². The van der Waals surface area contributed by atoms with Crippen molar-refractivity contribution in [2.24, 2.45) is 16.3 Å². The molecule has 2 N–H and O–H groups in total. The summed E-state index contributed by atoms with van der Waals surface area (Å²) in [6.45, 7) is 12.9. The number of aliphatic imine (C=N–C) groups is 1. The SMILES string of the molecule is CCOCCC1(CNC(=NC)NCC2CCCN(C(C)C)C2)CCCC1. The van der Waals surface area contributed by atoms with Crippen molar-refractivity contribution in [1.82, 2.24) is 15.5 Å². The normalized spacial score (nSPS) is 24.2. The summed E-state index contributed by atoms with van der Waals surface area (Å²) in [5, 5.41) is 7.21. The van der Waals surface area contributed by atoms with Gasteiger partial charge in [-0.25, -0.2) is 0 Å². The average Bonchev–Trinajstić information content (AvgIpc) is 3.11. The number of guanidine groups is 1. The molecule has 2 fully saturated rings. The van der Waals surface area contributed by atoms with Gasteiger partial charge in [-0.2, -0.15) is 0 Å². The zero-order chi connectivity index (χ0) is 18.8. The number of nitrogens with zero attached hydrogens (tertiary/aromatic N) is 2. The van der Waals surface area contributed by atoms with Crippen LogP contribution in [0.1, 0.15) is 65.7 Å². The van der Waals surface area contributed by atoms with Gasteiger partial charge in [-0.1, -0.05) is 12.8 Å². The molecule has 26 heavy (non-hydrogen) atoms. The lowest BCUT2D eigenvalue weighted by atomic mass is 9.83. The quantitative estimate of drug-likeness (QED) is 0.374. The van der Waals surface area contributed by atoms with E-state index in [0.29, 0.717) is 11.5 Å². The maximum atomic E-state index is 5.63. The van der Waals surface area contributed by atoms with Crippen molar-refractivity contribution in [3.05, 3.63) is 0 Å². The Morgan fingerprint density at radius 3 is 2.65 bits per heavy atom. The first-order valence-electron chi connectivity index (χ1n) is 10.8. The number of ether oxygens (including phenoxy) is 1. The largest absolute Gasteiger partial charge is 0.382 e. The van der Waals surface area contributed by atoms with Crippen LogP contribution in [-0.4, -0.2) is 63.3 Å². The summed E-state index contributed by atoms with van der Waals surface area (Å²) in [5.74, 6) is 1.69. The Hall–Kier alpha value is -0.810. The standard InChI is InChI=1S/C21H42N4O/c1-5-26-14-12-21(10-6-7-11-21)17-24-20(22-4)23-15-19-9-8-13-25(16-19)18(2)3/h18-19H,5-17H2,1-4H3,(H2,22,23,24). The van der Waals surface area contributed by atoms with E-state index in [9.17, 15) is 0 Å². The van der Waals surface area contributed by atoms with Gasteiger partial charge < -0.3 is 20.3 Å². The smallest absolute Gasteiger partial charge is 0.191 e. The molecular formula is C21H42N4O. The fraction of sp³-hybridized carbons (Fsp3) is 0.952. The van der Waals surface area contributed by atoms with E-state index >= 15 is 0 Å². The van der Waals surface area contributed by atoms with Crippen LogP contribution in [0.5, 0.6) is 0 Å². The molecule has 1 unspecified atom stereocenters. The average molecular weight is 367 g/mol. The summed E-state index contributed by atoms with van der Waals surface area (Å²) < 4.78 is 5.63. The van der Waals surface area contributed by atoms with Crippen molar-refractivity contribution in [2.45, 2.75) is 71.8 Å². The lowest BCUT2D eigenvalue weighted by molar-refractivity contribution is 0.105. The van der Waals surface area contributed by atoms with E-state index in [-0.39, 0.29) is 0 Å². The van der Waals surface area contributed by atoms with Gasteiger partial charge >= 0.3 is 0 Å². The molecule has 0 aromatic heterocycles. The number of hydrogen-bond acceptors (Lipinski definition) is 3. The topological polar surface area (TPSA) is 48.9 Å². The molecule has 1 saturated carbocycles. The third kappa shape index (κ3) is 6.73. The highest BCUT2D eigenvalue weighted by atomic mass is 16.5. The fourth-order valence-electron chi connectivity index (χ4n) is 4.54. The Morgan fingerprint density at radius 2 is 2.00 bits per heavy atom. The van der Waals surface area contributed by atoms with Crippen molar-refractivity contribution >= 4 is 5.96 Å². The van der Waals surface area contributed by atoms with Crippen LogP contribution in [-0.2, 0) is 4.74 Å². The molecule has 1 atom stereocenters. The molecule has 0 bridgehead atoms. The summed E-state index contributed by atoms with van der Waals surface area (Å²) >= 11 is 0. The fourth-order valence-corrected chi connectivity index (χ4v) is 4.54. The first kappa shape index (κ1) is 21.5. The van der Waals surface area contributed by atoms with Crippen LogP contribution < -0.4 is 10.6 Å². The maximum Gasteiger partial charge on any atom is 0.191 e. The number of rotatable bonds is 9. The number of likely N-dealkylation sites (tertiary alicyclic amines) is 1. The van der Waals surface area contributed by atoms with E-state index in [0.717, 1.165) is 44.6 Å². The van der Waals surface area contributed by atoms with Crippen molar-refractivity contribution in [2.75, 3.05) is 46.4 Å². The van der Waals surface area contributed by atoms with Crippen LogP contribution in [0.15, 0.2) is 4.99 Å². The van der Waals surface area contributed by atoms with Crippen LogP contribution >= 0.6 is 0 Å². The Morgan fingerprint density at radius 1 is 1.23 bits per heavy atom. The van der Waals surface area contributed by atoms with Crippen molar-refractivity contribution in [3.8, 4) is 0 Å². The van der Waals surface area contributed by atoms with E-state index < -0.39 is 0 Å². The highest BCUT2D eigenvalue weighted by Crippen LogP contribution is 2.40. The van der Waals surface area contributed by atoms with Crippen LogP contribution in [0, 0.1) is 11.3 Å². The molecule has 2 rings (SSSR count). The van der Waals surface area contributed by atoms with E-state index in [2.05, 4.69) is 41.3 Å². The predicted molar refractivity (Wildman–Crippen MR) is 111 cm³/mol. The summed E-state index contributed by atoms with van der Waals surface area (Å²) in [6.07, 6.45) is 9.14. The molecule has 1 aliphatic carbocycles. The van der Waals surface area contributed by atoms with Gasteiger partial charge in [0.1, 0.15) is 0 Å². The summed E-state index contributed by atoms with van der Waals surface area (Å²) in [7, 11) is 1.89. The molecule has 2 aliphatic rings. The molecule has 5 nitrogen and oxygen atoms in total. The first-order valence-corrected chi connectivity index (χ1v) is 10.8. The minimum atomic E-state index is 0.395. The van der Waals surface area contributed by atoms with E-state index in [1.165, 1.54) is 51.6 Å². The third-order valence-corrected chi connectivity index (χ3v) is 6.34. The van der Waals surface area contributed by atoms with Crippen molar-refractivity contribution < 1.29 is 4.74 Å². The van der Waals surface area contributed by atoms with Gasteiger partial charge in [0, 0.05) is 45.9 Å². The van der Waals surface area contributed by atoms with Gasteiger partial charge in [-0.15, -0.1) is 0 Å². The molecule has 0 spiro atoms. The van der Waals surface area contributed by atoms with Gasteiger partial charge in [0.2, 0.25) is 0 Å². The molecule has 0 aromatic rings. The molecule has 1 heterocycles. The van der Waals surface area contributed by atoms with Gasteiger partial charge in [-0.3, -0.25) is 4.99 Å². The van der Waals surface area contributed by atoms with Crippen molar-refractivity contribution in [3.63, 3.8) is 0 Å². The Kier molecular flexibility index (Phi) is 9.20. The van der Waals surface area contributed by atoms with Gasteiger partial charge in [-0.05, 0) is 70.8 Å². The molecule has 1 aliphatic heterocycles. The highest BCUT2D eigenvalue weighted by molar-refractivity contribution is 5.79. The molecule has 0 amide bonds.